The number of ether oxygens (including phenoxy) is 1. The fourth-order valence-corrected chi connectivity index (χ4v) is 3.22. The van der Waals surface area contributed by atoms with Gasteiger partial charge in [0.1, 0.15) is 0 Å². The Morgan fingerprint density at radius 2 is 1.90 bits per heavy atom. The molecule has 0 spiro atoms. The first-order valence-corrected chi connectivity index (χ1v) is 7.82. The van der Waals surface area contributed by atoms with Gasteiger partial charge in [-0.05, 0) is 38.5 Å². The molecular weight excluding hydrogens is 268 g/mol. The van der Waals surface area contributed by atoms with E-state index in [9.17, 15) is 0 Å². The summed E-state index contributed by atoms with van der Waals surface area (Å²) in [5.74, 6) is 1.54. The SMILES string of the molecule is COC1CCCC1Nc1nc(N)nc(N2CCCCC2)n1. The Balaban J connectivity index is 1.74. The first-order valence-electron chi connectivity index (χ1n) is 7.82. The summed E-state index contributed by atoms with van der Waals surface area (Å²) in [6, 6.07) is 0.256. The maximum Gasteiger partial charge on any atom is 0.231 e. The van der Waals surface area contributed by atoms with Crippen LogP contribution in [-0.2, 0) is 4.74 Å². The van der Waals surface area contributed by atoms with Crippen molar-refractivity contribution in [3.63, 3.8) is 0 Å². The second kappa shape index (κ2) is 6.43. The fourth-order valence-electron chi connectivity index (χ4n) is 3.22. The van der Waals surface area contributed by atoms with Crippen LogP contribution in [0.2, 0.25) is 0 Å². The monoisotopic (exact) mass is 292 g/mol. The summed E-state index contributed by atoms with van der Waals surface area (Å²) in [6.45, 7) is 1.99. The summed E-state index contributed by atoms with van der Waals surface area (Å²) >= 11 is 0. The molecule has 1 aliphatic heterocycles. The Morgan fingerprint density at radius 1 is 1.10 bits per heavy atom. The predicted molar refractivity (Wildman–Crippen MR) is 82.4 cm³/mol. The van der Waals surface area contributed by atoms with Crippen molar-refractivity contribution in [2.45, 2.75) is 50.7 Å². The van der Waals surface area contributed by atoms with Crippen LogP contribution >= 0.6 is 0 Å². The molecule has 1 aliphatic carbocycles. The topological polar surface area (TPSA) is 89.2 Å². The largest absolute Gasteiger partial charge is 0.379 e. The molecule has 0 bridgehead atoms. The lowest BCUT2D eigenvalue weighted by atomic mass is 10.1. The van der Waals surface area contributed by atoms with Crippen LogP contribution in [0, 0.1) is 0 Å². The number of nitrogen functional groups attached to an aromatic ring is 1. The van der Waals surface area contributed by atoms with Crippen molar-refractivity contribution >= 4 is 17.8 Å². The lowest BCUT2D eigenvalue weighted by molar-refractivity contribution is 0.101. The standard InChI is InChI=1S/C14H24N6O/c1-21-11-7-5-6-10(11)16-13-17-12(15)18-14(19-13)20-8-3-2-4-9-20/h10-11H,2-9H2,1H3,(H3,15,16,17,18,19). The van der Waals surface area contributed by atoms with Crippen molar-refractivity contribution in [1.29, 1.82) is 0 Å². The molecule has 116 valence electrons. The van der Waals surface area contributed by atoms with Crippen LogP contribution in [0.1, 0.15) is 38.5 Å². The molecule has 3 rings (SSSR count). The molecule has 7 heteroatoms. The number of anilines is 3. The highest BCUT2D eigenvalue weighted by molar-refractivity contribution is 5.42. The Morgan fingerprint density at radius 3 is 2.67 bits per heavy atom. The second-order valence-electron chi connectivity index (χ2n) is 5.82. The van der Waals surface area contributed by atoms with E-state index in [4.69, 9.17) is 10.5 Å². The van der Waals surface area contributed by atoms with Gasteiger partial charge >= 0.3 is 0 Å². The Kier molecular flexibility index (Phi) is 4.38. The van der Waals surface area contributed by atoms with Crippen LogP contribution in [0.4, 0.5) is 17.8 Å². The number of nitrogens with one attached hydrogen (secondary N) is 1. The summed E-state index contributed by atoms with van der Waals surface area (Å²) in [5, 5.41) is 3.37. The lowest BCUT2D eigenvalue weighted by Gasteiger charge is -2.27. The average molecular weight is 292 g/mol. The Labute approximate surface area is 125 Å². The third kappa shape index (κ3) is 3.34. The molecular formula is C14H24N6O. The van der Waals surface area contributed by atoms with Crippen molar-refractivity contribution in [2.24, 2.45) is 0 Å². The van der Waals surface area contributed by atoms with Crippen LogP contribution < -0.4 is 16.0 Å². The van der Waals surface area contributed by atoms with Crippen LogP contribution in [-0.4, -0.2) is 47.3 Å². The minimum absolute atomic E-state index is 0.224. The zero-order valence-corrected chi connectivity index (χ0v) is 12.6. The Hall–Kier alpha value is -1.63. The number of hydrogen-bond donors (Lipinski definition) is 2. The van der Waals surface area contributed by atoms with E-state index in [1.54, 1.807) is 7.11 Å². The van der Waals surface area contributed by atoms with E-state index in [1.165, 1.54) is 19.3 Å². The number of rotatable bonds is 4. The van der Waals surface area contributed by atoms with Crippen molar-refractivity contribution in [3.8, 4) is 0 Å². The van der Waals surface area contributed by atoms with E-state index >= 15 is 0 Å². The zero-order chi connectivity index (χ0) is 14.7. The van der Waals surface area contributed by atoms with Gasteiger partial charge in [0.25, 0.3) is 0 Å². The van der Waals surface area contributed by atoms with Crippen molar-refractivity contribution in [1.82, 2.24) is 15.0 Å². The number of methoxy groups -OCH3 is 1. The number of piperidine rings is 1. The lowest BCUT2D eigenvalue weighted by Crippen LogP contribution is -2.33. The van der Waals surface area contributed by atoms with E-state index in [1.807, 2.05) is 0 Å². The number of aromatic nitrogens is 3. The number of nitrogens with two attached hydrogens (primary N) is 1. The molecule has 0 aromatic carbocycles. The third-order valence-electron chi connectivity index (χ3n) is 4.35. The smallest absolute Gasteiger partial charge is 0.231 e. The third-order valence-corrected chi connectivity index (χ3v) is 4.35. The van der Waals surface area contributed by atoms with Crippen LogP contribution in [0.3, 0.4) is 0 Å². The average Bonchev–Trinajstić information content (AvgIpc) is 2.95. The highest BCUT2D eigenvalue weighted by Crippen LogP contribution is 2.25. The van der Waals surface area contributed by atoms with Crippen LogP contribution in [0.15, 0.2) is 0 Å². The van der Waals surface area contributed by atoms with Gasteiger partial charge in [0.2, 0.25) is 17.8 Å². The van der Waals surface area contributed by atoms with Gasteiger partial charge in [0.15, 0.2) is 0 Å². The number of hydrogen-bond acceptors (Lipinski definition) is 7. The maximum atomic E-state index is 5.85. The summed E-state index contributed by atoms with van der Waals surface area (Å²) in [7, 11) is 1.76. The van der Waals surface area contributed by atoms with Gasteiger partial charge in [0, 0.05) is 20.2 Å². The van der Waals surface area contributed by atoms with E-state index in [2.05, 4.69) is 25.2 Å². The predicted octanol–water partition coefficient (Wildman–Crippen LogP) is 1.42. The molecule has 21 heavy (non-hydrogen) atoms. The normalized spacial score (nSPS) is 26.0. The van der Waals surface area contributed by atoms with Gasteiger partial charge in [0.05, 0.1) is 12.1 Å². The summed E-state index contributed by atoms with van der Waals surface area (Å²) in [5.41, 5.74) is 5.85. The quantitative estimate of drug-likeness (QED) is 0.867. The Bertz CT molecular complexity index is 477. The van der Waals surface area contributed by atoms with Crippen molar-refractivity contribution in [3.05, 3.63) is 0 Å². The zero-order valence-electron chi connectivity index (χ0n) is 12.6. The molecule has 1 aromatic rings. The molecule has 2 unspecified atom stereocenters. The van der Waals surface area contributed by atoms with Gasteiger partial charge in [-0.25, -0.2) is 0 Å². The van der Waals surface area contributed by atoms with Crippen molar-refractivity contribution < 1.29 is 4.74 Å². The van der Waals surface area contributed by atoms with E-state index in [0.29, 0.717) is 11.9 Å². The van der Waals surface area contributed by atoms with Gasteiger partial charge in [-0.2, -0.15) is 15.0 Å². The molecule has 2 heterocycles. The molecule has 2 fully saturated rings. The highest BCUT2D eigenvalue weighted by atomic mass is 16.5. The second-order valence-corrected chi connectivity index (χ2v) is 5.82. The summed E-state index contributed by atoms with van der Waals surface area (Å²) in [4.78, 5) is 15.2. The number of nitrogens with zero attached hydrogens (tertiary/aromatic N) is 4. The molecule has 0 radical (unpaired) electrons. The minimum atomic E-state index is 0.224. The molecule has 0 amide bonds. The van der Waals surface area contributed by atoms with Gasteiger partial charge < -0.3 is 20.7 Å². The minimum Gasteiger partial charge on any atom is -0.379 e. The van der Waals surface area contributed by atoms with Crippen molar-refractivity contribution in [2.75, 3.05) is 36.1 Å². The molecule has 2 atom stereocenters. The van der Waals surface area contributed by atoms with E-state index < -0.39 is 0 Å². The van der Waals surface area contributed by atoms with Gasteiger partial charge in [-0.3, -0.25) is 0 Å². The first kappa shape index (κ1) is 14.3. The summed E-state index contributed by atoms with van der Waals surface area (Å²) < 4.78 is 5.50. The molecule has 1 saturated carbocycles. The summed E-state index contributed by atoms with van der Waals surface area (Å²) in [6.07, 6.45) is 7.18. The van der Waals surface area contributed by atoms with E-state index in [0.717, 1.165) is 32.4 Å². The van der Waals surface area contributed by atoms with E-state index in [-0.39, 0.29) is 18.1 Å². The molecule has 1 aromatic heterocycles. The fraction of sp³-hybridized carbons (Fsp3) is 0.786. The van der Waals surface area contributed by atoms with Gasteiger partial charge in [-0.1, -0.05) is 0 Å². The molecule has 3 N–H and O–H groups in total. The molecule has 7 nitrogen and oxygen atoms in total. The first-order chi connectivity index (χ1) is 10.3. The molecule has 1 saturated heterocycles. The van der Waals surface area contributed by atoms with Crippen LogP contribution in [0.5, 0.6) is 0 Å². The highest BCUT2D eigenvalue weighted by Gasteiger charge is 2.28. The van der Waals surface area contributed by atoms with Crippen LogP contribution in [0.25, 0.3) is 0 Å². The molecule has 2 aliphatic rings. The van der Waals surface area contributed by atoms with Gasteiger partial charge in [-0.15, -0.1) is 0 Å². The maximum absolute atomic E-state index is 5.85.